The maximum absolute atomic E-state index is 12.3. The lowest BCUT2D eigenvalue weighted by atomic mass is 10.1. The molecule has 10 nitrogen and oxygen atoms in total. The molecule has 1 atom stereocenters. The highest BCUT2D eigenvalue weighted by atomic mass is 16.5. The molecule has 0 aliphatic carbocycles. The van der Waals surface area contributed by atoms with Crippen molar-refractivity contribution in [3.8, 4) is 5.69 Å². The largest absolute Gasteiger partial charge is 0.368 e. The van der Waals surface area contributed by atoms with E-state index in [1.165, 1.54) is 9.36 Å². The molecule has 0 radical (unpaired) electrons. The molecule has 0 saturated carbocycles. The fourth-order valence-electron chi connectivity index (χ4n) is 2.81. The van der Waals surface area contributed by atoms with Crippen molar-refractivity contribution in [2.24, 2.45) is 19.2 Å². The van der Waals surface area contributed by atoms with Crippen LogP contribution in [0.15, 0.2) is 40.5 Å². The van der Waals surface area contributed by atoms with Gasteiger partial charge in [0, 0.05) is 31.4 Å². The molecule has 0 spiro atoms. The van der Waals surface area contributed by atoms with E-state index in [0.717, 1.165) is 28.8 Å². The number of hydrogen-bond acceptors (Lipinski definition) is 7. The van der Waals surface area contributed by atoms with Gasteiger partial charge < -0.3 is 4.74 Å². The first-order chi connectivity index (χ1) is 13.9. The van der Waals surface area contributed by atoms with Gasteiger partial charge in [-0.15, -0.1) is 0 Å². The molecule has 3 aromatic rings. The number of tetrazole rings is 1. The van der Waals surface area contributed by atoms with Gasteiger partial charge in [-0.25, -0.2) is 4.79 Å². The van der Waals surface area contributed by atoms with Gasteiger partial charge in [0.25, 0.3) is 0 Å². The van der Waals surface area contributed by atoms with Gasteiger partial charge >= 0.3 is 5.69 Å². The first kappa shape index (κ1) is 20.5. The minimum absolute atomic E-state index is 0.285. The zero-order valence-electron chi connectivity index (χ0n) is 17.3. The van der Waals surface area contributed by atoms with Crippen LogP contribution in [0, 0.1) is 6.92 Å². The lowest BCUT2D eigenvalue weighted by Crippen LogP contribution is -2.28. The molecule has 10 heteroatoms. The van der Waals surface area contributed by atoms with Gasteiger partial charge in [0.05, 0.1) is 24.2 Å². The molecule has 3 rings (SSSR count). The SMILES string of the molecule is CCC(N/N=C(/C)c1cnn(C)c1)OCc1c(C)cccc1-n1nnn(C)c1=O. The van der Waals surface area contributed by atoms with Crippen molar-refractivity contribution < 1.29 is 4.74 Å². The lowest BCUT2D eigenvalue weighted by molar-refractivity contribution is 0.0157. The topological polar surface area (TPSA) is 104 Å². The summed E-state index contributed by atoms with van der Waals surface area (Å²) in [7, 11) is 3.43. The van der Waals surface area contributed by atoms with Crippen molar-refractivity contribution in [3.05, 3.63) is 57.8 Å². The lowest BCUT2D eigenvalue weighted by Gasteiger charge is -2.18. The van der Waals surface area contributed by atoms with Crippen LogP contribution in [-0.4, -0.2) is 41.5 Å². The van der Waals surface area contributed by atoms with E-state index in [1.54, 1.807) is 17.9 Å². The van der Waals surface area contributed by atoms with Crippen LogP contribution in [0.5, 0.6) is 0 Å². The number of ether oxygens (including phenoxy) is 1. The predicted molar refractivity (Wildman–Crippen MR) is 109 cm³/mol. The van der Waals surface area contributed by atoms with Gasteiger partial charge in [-0.1, -0.05) is 19.1 Å². The molecule has 0 fully saturated rings. The van der Waals surface area contributed by atoms with Crippen LogP contribution in [-0.2, 0) is 25.4 Å². The van der Waals surface area contributed by atoms with Crippen LogP contribution in [0.2, 0.25) is 0 Å². The number of rotatable bonds is 8. The van der Waals surface area contributed by atoms with Crippen LogP contribution < -0.4 is 11.1 Å². The summed E-state index contributed by atoms with van der Waals surface area (Å²) in [5, 5.41) is 16.3. The van der Waals surface area contributed by atoms with E-state index < -0.39 is 0 Å². The second-order valence-electron chi connectivity index (χ2n) is 6.81. The summed E-state index contributed by atoms with van der Waals surface area (Å²) in [4.78, 5) is 12.3. The fraction of sp³-hybridized carbons (Fsp3) is 0.421. The molecule has 29 heavy (non-hydrogen) atoms. The summed E-state index contributed by atoms with van der Waals surface area (Å²) in [6.07, 6.45) is 4.10. The first-order valence-electron chi connectivity index (χ1n) is 9.39. The van der Waals surface area contributed by atoms with Crippen LogP contribution in [0.3, 0.4) is 0 Å². The van der Waals surface area contributed by atoms with Crippen molar-refractivity contribution in [1.82, 2.24) is 35.0 Å². The number of hydrazone groups is 1. The second-order valence-corrected chi connectivity index (χ2v) is 6.81. The van der Waals surface area contributed by atoms with Crippen molar-refractivity contribution in [3.63, 3.8) is 0 Å². The summed E-state index contributed by atoms with van der Waals surface area (Å²) in [6.45, 7) is 6.20. The third-order valence-corrected chi connectivity index (χ3v) is 4.63. The average Bonchev–Trinajstić information content (AvgIpc) is 3.28. The minimum atomic E-state index is -0.307. The van der Waals surface area contributed by atoms with E-state index in [9.17, 15) is 4.79 Å². The number of hydrogen-bond donors (Lipinski definition) is 1. The molecule has 1 N–H and O–H groups in total. The number of nitrogens with zero attached hydrogens (tertiary/aromatic N) is 7. The van der Waals surface area contributed by atoms with Crippen molar-refractivity contribution in [2.75, 3.05) is 0 Å². The fourth-order valence-corrected chi connectivity index (χ4v) is 2.81. The van der Waals surface area contributed by atoms with Crippen LogP contribution >= 0.6 is 0 Å². The number of nitrogens with one attached hydrogen (secondary N) is 1. The van der Waals surface area contributed by atoms with Crippen LogP contribution in [0.4, 0.5) is 0 Å². The Labute approximate surface area is 168 Å². The van der Waals surface area contributed by atoms with Crippen molar-refractivity contribution in [2.45, 2.75) is 40.0 Å². The minimum Gasteiger partial charge on any atom is -0.352 e. The summed E-state index contributed by atoms with van der Waals surface area (Å²) < 4.78 is 10.3. The molecule has 2 heterocycles. The Balaban J connectivity index is 1.74. The average molecular weight is 398 g/mol. The molecule has 1 unspecified atom stereocenters. The predicted octanol–water partition coefficient (Wildman–Crippen LogP) is 1.27. The van der Waals surface area contributed by atoms with Gasteiger partial charge in [-0.3, -0.25) is 10.1 Å². The summed E-state index contributed by atoms with van der Waals surface area (Å²) >= 11 is 0. The van der Waals surface area contributed by atoms with E-state index >= 15 is 0 Å². The number of benzene rings is 1. The zero-order chi connectivity index (χ0) is 21.0. The first-order valence-corrected chi connectivity index (χ1v) is 9.39. The Hall–Kier alpha value is -3.27. The van der Waals surface area contributed by atoms with Crippen molar-refractivity contribution in [1.29, 1.82) is 0 Å². The monoisotopic (exact) mass is 398 g/mol. The van der Waals surface area contributed by atoms with Crippen LogP contribution in [0.1, 0.15) is 37.0 Å². The maximum Gasteiger partial charge on any atom is 0.368 e. The summed E-state index contributed by atoms with van der Waals surface area (Å²) in [5.74, 6) is 0. The maximum atomic E-state index is 12.3. The normalized spacial score (nSPS) is 12.9. The molecule has 2 aromatic heterocycles. The highest BCUT2D eigenvalue weighted by Gasteiger charge is 2.15. The number of aryl methyl sites for hydroxylation is 3. The standard InChI is InChI=1S/C19H26N8O2/c1-6-18(22-21-14(3)15-10-20-25(4)11-15)29-12-16-13(2)8-7-9-17(16)27-19(28)26(5)23-24-27/h7-11,18,22H,6,12H2,1-5H3/b21-14-. The van der Waals surface area contributed by atoms with Gasteiger partial charge in [-0.2, -0.15) is 19.6 Å². The van der Waals surface area contributed by atoms with Gasteiger partial charge in [0.1, 0.15) is 6.23 Å². The highest BCUT2D eigenvalue weighted by Crippen LogP contribution is 2.18. The third-order valence-electron chi connectivity index (χ3n) is 4.63. The van der Waals surface area contributed by atoms with E-state index in [0.29, 0.717) is 12.3 Å². The third kappa shape index (κ3) is 4.60. The van der Waals surface area contributed by atoms with E-state index in [4.69, 9.17) is 4.74 Å². The van der Waals surface area contributed by atoms with Gasteiger partial charge in [0.2, 0.25) is 0 Å². The molecule has 0 saturated heterocycles. The molecule has 0 aliphatic rings. The van der Waals surface area contributed by atoms with Crippen LogP contribution in [0.25, 0.3) is 5.69 Å². The Kier molecular flexibility index (Phi) is 6.23. The Morgan fingerprint density at radius 2 is 2.10 bits per heavy atom. The van der Waals surface area contributed by atoms with E-state index in [2.05, 4.69) is 26.1 Å². The summed E-state index contributed by atoms with van der Waals surface area (Å²) in [5.41, 5.74) is 7.07. The highest BCUT2D eigenvalue weighted by molar-refractivity contribution is 5.98. The Bertz CT molecular complexity index is 1060. The molecular formula is C19H26N8O2. The molecular weight excluding hydrogens is 372 g/mol. The van der Waals surface area contributed by atoms with Gasteiger partial charge in [-0.05, 0) is 42.3 Å². The summed E-state index contributed by atoms with van der Waals surface area (Å²) in [6, 6.07) is 5.69. The molecule has 0 aliphatic heterocycles. The molecule has 1 aromatic carbocycles. The quantitative estimate of drug-likeness (QED) is 0.348. The molecule has 0 bridgehead atoms. The second kappa shape index (κ2) is 8.82. The number of aromatic nitrogens is 6. The molecule has 154 valence electrons. The van der Waals surface area contributed by atoms with Crippen molar-refractivity contribution >= 4 is 5.71 Å². The molecule has 0 amide bonds. The zero-order valence-corrected chi connectivity index (χ0v) is 17.3. The Morgan fingerprint density at radius 1 is 1.31 bits per heavy atom. The van der Waals surface area contributed by atoms with Gasteiger partial charge in [0.15, 0.2) is 0 Å². The van der Waals surface area contributed by atoms with E-state index in [1.807, 2.05) is 52.2 Å². The Morgan fingerprint density at radius 3 is 2.72 bits per heavy atom. The van der Waals surface area contributed by atoms with E-state index in [-0.39, 0.29) is 11.9 Å². The smallest absolute Gasteiger partial charge is 0.352 e.